The molecule has 7 heteroatoms. The predicted octanol–water partition coefficient (Wildman–Crippen LogP) is 4.85. The maximum absolute atomic E-state index is 14.0. The van der Waals surface area contributed by atoms with Crippen LogP contribution >= 0.6 is 23.2 Å². The van der Waals surface area contributed by atoms with Crippen molar-refractivity contribution < 1.29 is 9.18 Å². The van der Waals surface area contributed by atoms with E-state index in [1.165, 1.54) is 18.2 Å². The molecule has 2 aromatic carbocycles. The highest BCUT2D eigenvalue weighted by Crippen LogP contribution is 2.25. The van der Waals surface area contributed by atoms with E-state index in [9.17, 15) is 9.18 Å². The zero-order valence-electron chi connectivity index (χ0n) is 14.2. The Morgan fingerprint density at radius 3 is 2.69 bits per heavy atom. The highest BCUT2D eigenvalue weighted by Gasteiger charge is 2.14. The molecule has 0 saturated heterocycles. The number of benzene rings is 2. The van der Waals surface area contributed by atoms with Crippen molar-refractivity contribution in [2.24, 2.45) is 0 Å². The van der Waals surface area contributed by atoms with Crippen molar-refractivity contribution in [3.63, 3.8) is 0 Å². The summed E-state index contributed by atoms with van der Waals surface area (Å²) in [6.07, 6.45) is 0.800. The van der Waals surface area contributed by atoms with Crippen molar-refractivity contribution in [3.05, 3.63) is 63.4 Å². The number of carbonyl (C=O) groups excluding carboxylic acids is 1. The normalized spacial score (nSPS) is 10.6. The van der Waals surface area contributed by atoms with Crippen molar-refractivity contribution >= 4 is 34.8 Å². The lowest BCUT2D eigenvalue weighted by molar-refractivity contribution is -0.117. The summed E-state index contributed by atoms with van der Waals surface area (Å²) >= 11 is 11.9. The number of hydrogen-bond donors (Lipinski definition) is 1. The van der Waals surface area contributed by atoms with Crippen molar-refractivity contribution in [3.8, 4) is 6.07 Å². The molecule has 0 aliphatic carbocycles. The number of hydrogen-bond acceptors (Lipinski definition) is 3. The van der Waals surface area contributed by atoms with Gasteiger partial charge >= 0.3 is 0 Å². The second-order valence-electron chi connectivity index (χ2n) is 5.80. The molecule has 0 aliphatic rings. The molecule has 0 saturated carbocycles. The fraction of sp³-hybridized carbons (Fsp3) is 0.263. The Labute approximate surface area is 162 Å². The molecule has 0 aliphatic heterocycles. The van der Waals surface area contributed by atoms with Gasteiger partial charge in [0.25, 0.3) is 0 Å². The summed E-state index contributed by atoms with van der Waals surface area (Å²) in [5.41, 5.74) is 1.24. The third kappa shape index (κ3) is 5.70. The molecular formula is C19H18Cl2FN3O. The van der Waals surface area contributed by atoms with Gasteiger partial charge in [0.15, 0.2) is 0 Å². The third-order valence-corrected chi connectivity index (χ3v) is 4.23. The predicted molar refractivity (Wildman–Crippen MR) is 102 cm³/mol. The van der Waals surface area contributed by atoms with Gasteiger partial charge in [0.1, 0.15) is 5.82 Å². The molecule has 0 fully saturated rings. The quantitative estimate of drug-likeness (QED) is 0.730. The molecule has 4 nitrogen and oxygen atoms in total. The zero-order chi connectivity index (χ0) is 19.1. The summed E-state index contributed by atoms with van der Waals surface area (Å²) in [6.45, 7) is 2.89. The van der Waals surface area contributed by atoms with Gasteiger partial charge in [-0.05, 0) is 49.4 Å². The molecule has 1 N–H and O–H groups in total. The van der Waals surface area contributed by atoms with Crippen LogP contribution in [0.15, 0.2) is 36.4 Å². The van der Waals surface area contributed by atoms with Crippen LogP contribution in [0.3, 0.4) is 0 Å². The lowest BCUT2D eigenvalue weighted by Crippen LogP contribution is -2.33. The van der Waals surface area contributed by atoms with E-state index >= 15 is 0 Å². The summed E-state index contributed by atoms with van der Waals surface area (Å²) in [4.78, 5) is 14.2. The van der Waals surface area contributed by atoms with E-state index in [0.717, 1.165) is 6.42 Å². The van der Waals surface area contributed by atoms with Crippen LogP contribution in [0.1, 0.15) is 24.5 Å². The molecule has 0 radical (unpaired) electrons. The second kappa shape index (κ2) is 9.54. The van der Waals surface area contributed by atoms with Crippen molar-refractivity contribution in [2.75, 3.05) is 18.4 Å². The van der Waals surface area contributed by atoms with E-state index in [-0.39, 0.29) is 19.0 Å². The highest BCUT2D eigenvalue weighted by molar-refractivity contribution is 6.36. The summed E-state index contributed by atoms with van der Waals surface area (Å²) in [7, 11) is 0. The van der Waals surface area contributed by atoms with Crippen LogP contribution in [0.25, 0.3) is 0 Å². The summed E-state index contributed by atoms with van der Waals surface area (Å²) in [6, 6.07) is 11.0. The summed E-state index contributed by atoms with van der Waals surface area (Å²) < 4.78 is 14.0. The van der Waals surface area contributed by atoms with Gasteiger partial charge in [0.2, 0.25) is 5.91 Å². The van der Waals surface area contributed by atoms with E-state index in [2.05, 4.69) is 5.32 Å². The first-order valence-corrected chi connectivity index (χ1v) is 8.84. The van der Waals surface area contributed by atoms with Crippen LogP contribution in [-0.4, -0.2) is 23.9 Å². The van der Waals surface area contributed by atoms with Crippen LogP contribution in [0.2, 0.25) is 10.0 Å². The smallest absolute Gasteiger partial charge is 0.238 e. The first kappa shape index (κ1) is 20.2. The number of halogens is 3. The minimum Gasteiger partial charge on any atom is -0.324 e. The van der Waals surface area contributed by atoms with E-state index < -0.39 is 5.82 Å². The van der Waals surface area contributed by atoms with Gasteiger partial charge in [-0.1, -0.05) is 30.1 Å². The Kier molecular flexibility index (Phi) is 7.40. The Morgan fingerprint density at radius 2 is 2.04 bits per heavy atom. The van der Waals surface area contributed by atoms with E-state index in [1.54, 1.807) is 18.2 Å². The zero-order valence-corrected chi connectivity index (χ0v) is 15.7. The minimum absolute atomic E-state index is 0.0724. The average molecular weight is 394 g/mol. The van der Waals surface area contributed by atoms with Crippen molar-refractivity contribution in [1.29, 1.82) is 5.26 Å². The Hall–Kier alpha value is -2.13. The minimum atomic E-state index is -0.397. The van der Waals surface area contributed by atoms with Crippen LogP contribution in [0.4, 0.5) is 10.1 Å². The molecule has 136 valence electrons. The third-order valence-electron chi connectivity index (χ3n) is 3.68. The van der Waals surface area contributed by atoms with Gasteiger partial charge in [0, 0.05) is 17.1 Å². The molecule has 2 aromatic rings. The Morgan fingerprint density at radius 1 is 1.27 bits per heavy atom. The fourth-order valence-electron chi connectivity index (χ4n) is 2.52. The Bertz CT molecular complexity index is 836. The number of carbonyl (C=O) groups is 1. The van der Waals surface area contributed by atoms with Crippen LogP contribution in [0.5, 0.6) is 0 Å². The first-order chi connectivity index (χ1) is 12.4. The first-order valence-electron chi connectivity index (χ1n) is 8.08. The number of anilines is 1. The molecule has 0 aromatic heterocycles. The molecule has 26 heavy (non-hydrogen) atoms. The maximum atomic E-state index is 14.0. The molecule has 0 bridgehead atoms. The van der Waals surface area contributed by atoms with Gasteiger partial charge in [-0.15, -0.1) is 0 Å². The number of amides is 1. The van der Waals surface area contributed by atoms with Gasteiger partial charge in [-0.25, -0.2) is 4.39 Å². The number of nitrogens with one attached hydrogen (secondary N) is 1. The van der Waals surface area contributed by atoms with E-state index in [4.69, 9.17) is 28.5 Å². The summed E-state index contributed by atoms with van der Waals surface area (Å²) in [5.74, 6) is -0.661. The average Bonchev–Trinajstić information content (AvgIpc) is 2.59. The largest absolute Gasteiger partial charge is 0.324 e. The molecule has 0 heterocycles. The topological polar surface area (TPSA) is 56.1 Å². The van der Waals surface area contributed by atoms with Gasteiger partial charge in [0.05, 0.1) is 28.9 Å². The second-order valence-corrected chi connectivity index (χ2v) is 6.64. The SMILES string of the molecule is CCCN(CC(=O)Nc1ccc(Cl)cc1Cl)Cc1cc(C#N)ccc1F. The number of nitriles is 1. The molecular weight excluding hydrogens is 376 g/mol. The molecule has 0 unspecified atom stereocenters. The lowest BCUT2D eigenvalue weighted by Gasteiger charge is -2.21. The lowest BCUT2D eigenvalue weighted by atomic mass is 10.1. The molecule has 2 rings (SSSR count). The summed E-state index contributed by atoms with van der Waals surface area (Å²) in [5, 5.41) is 12.5. The Balaban J connectivity index is 2.07. The maximum Gasteiger partial charge on any atom is 0.238 e. The van der Waals surface area contributed by atoms with Crippen LogP contribution in [-0.2, 0) is 11.3 Å². The molecule has 0 atom stereocenters. The van der Waals surface area contributed by atoms with Gasteiger partial charge in [-0.3, -0.25) is 9.69 Å². The van der Waals surface area contributed by atoms with Crippen molar-refractivity contribution in [1.82, 2.24) is 4.90 Å². The van der Waals surface area contributed by atoms with Gasteiger partial charge in [-0.2, -0.15) is 5.26 Å². The number of rotatable bonds is 7. The fourth-order valence-corrected chi connectivity index (χ4v) is 2.98. The van der Waals surface area contributed by atoms with Crippen molar-refractivity contribution in [2.45, 2.75) is 19.9 Å². The van der Waals surface area contributed by atoms with Crippen LogP contribution in [0, 0.1) is 17.1 Å². The molecule has 1 amide bonds. The van der Waals surface area contributed by atoms with E-state index in [0.29, 0.717) is 33.4 Å². The van der Waals surface area contributed by atoms with Crippen LogP contribution < -0.4 is 5.32 Å². The van der Waals surface area contributed by atoms with Gasteiger partial charge < -0.3 is 5.32 Å². The van der Waals surface area contributed by atoms with E-state index in [1.807, 2.05) is 17.9 Å². The molecule has 0 spiro atoms. The standard InChI is InChI=1S/C19H18Cl2FN3O/c1-2-7-25(11-14-8-13(10-23)3-5-17(14)22)12-19(26)24-18-6-4-15(20)9-16(18)21/h3-6,8-9H,2,7,11-12H2,1H3,(H,24,26). The monoisotopic (exact) mass is 393 g/mol. The number of nitrogens with zero attached hydrogens (tertiary/aromatic N) is 2. The highest BCUT2D eigenvalue weighted by atomic mass is 35.5.